The summed E-state index contributed by atoms with van der Waals surface area (Å²) in [5.41, 5.74) is 1.81. The third-order valence-corrected chi connectivity index (χ3v) is 4.25. The van der Waals surface area contributed by atoms with Crippen LogP contribution in [0.2, 0.25) is 0 Å². The van der Waals surface area contributed by atoms with Gasteiger partial charge in [-0.25, -0.2) is 0 Å². The van der Waals surface area contributed by atoms with Crippen LogP contribution in [-0.2, 0) is 10.9 Å². The lowest BCUT2D eigenvalue weighted by atomic mass is 10.0. The van der Waals surface area contributed by atoms with Crippen LogP contribution in [0.3, 0.4) is 0 Å². The molecule has 6 heteroatoms. The van der Waals surface area contributed by atoms with Crippen molar-refractivity contribution in [1.29, 1.82) is 0 Å². The Kier molecular flexibility index (Phi) is 4.68. The number of benzene rings is 1. The molecule has 1 heterocycles. The number of ether oxygens (including phenoxy) is 1. The highest BCUT2D eigenvalue weighted by atomic mass is 32.1. The van der Waals surface area contributed by atoms with Crippen LogP contribution in [0.5, 0.6) is 0 Å². The molecular weight excluding hydrogens is 317 g/mol. The van der Waals surface area contributed by atoms with Crippen molar-refractivity contribution in [1.82, 2.24) is 0 Å². The van der Waals surface area contributed by atoms with E-state index in [1.54, 1.807) is 12.1 Å². The summed E-state index contributed by atoms with van der Waals surface area (Å²) in [4.78, 5) is 0.583. The van der Waals surface area contributed by atoms with Crippen molar-refractivity contribution in [3.05, 3.63) is 46.3 Å². The Balaban J connectivity index is 2.32. The van der Waals surface area contributed by atoms with Crippen molar-refractivity contribution in [2.75, 3.05) is 6.61 Å². The van der Waals surface area contributed by atoms with Crippen LogP contribution in [0.1, 0.15) is 23.6 Å². The van der Waals surface area contributed by atoms with Gasteiger partial charge in [0, 0.05) is 15.8 Å². The maximum atomic E-state index is 12.6. The normalized spacial score (nSPS) is 11.5. The maximum Gasteiger partial charge on any atom is 0.417 e. The Hall–Kier alpha value is -1.40. The van der Waals surface area contributed by atoms with Gasteiger partial charge in [-0.15, -0.1) is 11.3 Å². The zero-order valence-electron chi connectivity index (χ0n) is 11.5. The molecule has 1 aromatic carbocycles. The first-order valence-corrected chi connectivity index (χ1v) is 7.55. The molecule has 2 aromatic rings. The van der Waals surface area contributed by atoms with E-state index in [0.29, 0.717) is 16.5 Å². The maximum absolute atomic E-state index is 12.6. The largest absolute Gasteiger partial charge is 0.483 e. The first kappa shape index (κ1) is 16.0. The molecule has 0 N–H and O–H groups in total. The molecule has 0 amide bonds. The van der Waals surface area contributed by atoms with Gasteiger partial charge in [0.2, 0.25) is 0 Å². The Morgan fingerprint density at radius 2 is 2.00 bits per heavy atom. The van der Waals surface area contributed by atoms with E-state index in [0.717, 1.165) is 33.4 Å². The van der Waals surface area contributed by atoms with Gasteiger partial charge >= 0.3 is 6.18 Å². The summed E-state index contributed by atoms with van der Waals surface area (Å²) in [5.74, 6) is 0. The molecule has 0 radical (unpaired) electrons. The Morgan fingerprint density at radius 3 is 2.52 bits per heavy atom. The predicted octanol–water partition coefficient (Wildman–Crippen LogP) is 5.45. The molecule has 0 unspecified atom stereocenters. The Bertz CT molecular complexity index is 659. The average Bonchev–Trinajstić information content (AvgIpc) is 2.88. The number of thiocarbonyl (C=S) groups is 1. The monoisotopic (exact) mass is 330 g/mol. The summed E-state index contributed by atoms with van der Waals surface area (Å²) in [6.07, 6.45) is -4.31. The highest BCUT2D eigenvalue weighted by Gasteiger charge is 2.31. The second-order valence-corrected chi connectivity index (χ2v) is 5.73. The number of rotatable bonds is 3. The topological polar surface area (TPSA) is 9.23 Å². The third-order valence-electron chi connectivity index (χ3n) is 2.93. The molecule has 1 aromatic heterocycles. The number of hydrogen-bond donors (Lipinski definition) is 0. The molecule has 0 aliphatic heterocycles. The minimum atomic E-state index is -4.31. The van der Waals surface area contributed by atoms with Gasteiger partial charge < -0.3 is 4.74 Å². The second-order valence-electron chi connectivity index (χ2n) is 4.45. The van der Waals surface area contributed by atoms with Crippen LogP contribution in [0, 0.1) is 6.92 Å². The van der Waals surface area contributed by atoms with Gasteiger partial charge in [-0.1, -0.05) is 6.07 Å². The first-order chi connectivity index (χ1) is 9.82. The SMILES string of the molecule is CCOC(=S)c1ccc(-c2cc(C(F)(F)F)cs2)cc1C. The Morgan fingerprint density at radius 1 is 1.29 bits per heavy atom. The van der Waals surface area contributed by atoms with Crippen LogP contribution in [0.15, 0.2) is 29.6 Å². The number of thiophene rings is 1. The highest BCUT2D eigenvalue weighted by Crippen LogP contribution is 2.37. The predicted molar refractivity (Wildman–Crippen MR) is 82.8 cm³/mol. The zero-order valence-corrected chi connectivity index (χ0v) is 13.1. The standard InChI is InChI=1S/C15H13F3OS2/c1-3-19-14(20)12-5-4-10(6-9(12)2)13-7-11(8-21-13)15(16,17)18/h4-8H,3H2,1-2H3. The van der Waals surface area contributed by atoms with E-state index < -0.39 is 11.7 Å². The van der Waals surface area contributed by atoms with Crippen molar-refractivity contribution < 1.29 is 17.9 Å². The van der Waals surface area contributed by atoms with E-state index in [4.69, 9.17) is 17.0 Å². The third kappa shape index (κ3) is 3.63. The van der Waals surface area contributed by atoms with Crippen molar-refractivity contribution in [3.63, 3.8) is 0 Å². The number of alkyl halides is 3. The van der Waals surface area contributed by atoms with Crippen molar-refractivity contribution in [2.24, 2.45) is 0 Å². The lowest BCUT2D eigenvalue weighted by molar-refractivity contribution is -0.137. The average molecular weight is 330 g/mol. The fraction of sp³-hybridized carbons (Fsp3) is 0.267. The van der Waals surface area contributed by atoms with Gasteiger partial charge in [-0.05, 0) is 55.4 Å². The van der Waals surface area contributed by atoms with E-state index in [1.165, 1.54) is 6.07 Å². The molecule has 0 saturated heterocycles. The summed E-state index contributed by atoms with van der Waals surface area (Å²) in [7, 11) is 0. The quantitative estimate of drug-likeness (QED) is 0.692. The molecule has 0 bridgehead atoms. The molecule has 0 fully saturated rings. The fourth-order valence-corrected chi connectivity index (χ4v) is 3.15. The molecule has 1 nitrogen and oxygen atoms in total. The van der Waals surface area contributed by atoms with Gasteiger partial charge in [-0.2, -0.15) is 13.2 Å². The molecule has 0 aliphatic carbocycles. The summed E-state index contributed by atoms with van der Waals surface area (Å²) in [6.45, 7) is 4.20. The van der Waals surface area contributed by atoms with Gasteiger partial charge in [0.25, 0.3) is 0 Å². The lowest BCUT2D eigenvalue weighted by Gasteiger charge is -2.09. The zero-order chi connectivity index (χ0) is 15.6. The van der Waals surface area contributed by atoms with Crippen LogP contribution in [0.25, 0.3) is 10.4 Å². The summed E-state index contributed by atoms with van der Waals surface area (Å²) < 4.78 is 43.2. The van der Waals surface area contributed by atoms with Gasteiger partial charge in [0.1, 0.15) is 0 Å². The molecule has 0 atom stereocenters. The number of halogens is 3. The molecule has 0 aliphatic rings. The minimum Gasteiger partial charge on any atom is -0.483 e. The van der Waals surface area contributed by atoms with Crippen LogP contribution < -0.4 is 0 Å². The highest BCUT2D eigenvalue weighted by molar-refractivity contribution is 7.80. The molecular formula is C15H13F3OS2. The van der Waals surface area contributed by atoms with Crippen molar-refractivity contribution >= 4 is 28.6 Å². The molecule has 112 valence electrons. The molecule has 2 rings (SSSR count). The summed E-state index contributed by atoms with van der Waals surface area (Å²) >= 11 is 6.23. The second kappa shape index (κ2) is 6.15. The van der Waals surface area contributed by atoms with Crippen LogP contribution in [-0.4, -0.2) is 11.7 Å². The van der Waals surface area contributed by atoms with E-state index in [2.05, 4.69) is 0 Å². The summed E-state index contributed by atoms with van der Waals surface area (Å²) in [6, 6.07) is 6.54. The lowest BCUT2D eigenvalue weighted by Crippen LogP contribution is -2.05. The molecule has 0 saturated carbocycles. The number of aryl methyl sites for hydroxylation is 1. The van der Waals surface area contributed by atoms with Crippen molar-refractivity contribution in [2.45, 2.75) is 20.0 Å². The van der Waals surface area contributed by atoms with E-state index >= 15 is 0 Å². The summed E-state index contributed by atoms with van der Waals surface area (Å²) in [5, 5.41) is 1.53. The van der Waals surface area contributed by atoms with E-state index in [9.17, 15) is 13.2 Å². The van der Waals surface area contributed by atoms with Crippen LogP contribution >= 0.6 is 23.6 Å². The van der Waals surface area contributed by atoms with Gasteiger partial charge in [-0.3, -0.25) is 0 Å². The van der Waals surface area contributed by atoms with Crippen molar-refractivity contribution in [3.8, 4) is 10.4 Å². The van der Waals surface area contributed by atoms with E-state index in [1.807, 2.05) is 19.9 Å². The molecule has 21 heavy (non-hydrogen) atoms. The fourth-order valence-electron chi connectivity index (χ4n) is 1.89. The van der Waals surface area contributed by atoms with Gasteiger partial charge in [0.15, 0.2) is 5.05 Å². The Labute approximate surface area is 130 Å². The van der Waals surface area contributed by atoms with Gasteiger partial charge in [0.05, 0.1) is 12.2 Å². The minimum absolute atomic E-state index is 0.406. The smallest absolute Gasteiger partial charge is 0.417 e. The van der Waals surface area contributed by atoms with E-state index in [-0.39, 0.29) is 0 Å². The molecule has 0 spiro atoms. The first-order valence-electron chi connectivity index (χ1n) is 6.26. The number of hydrogen-bond acceptors (Lipinski definition) is 3. The van der Waals surface area contributed by atoms with Crippen LogP contribution in [0.4, 0.5) is 13.2 Å².